The van der Waals surface area contributed by atoms with Gasteiger partial charge < -0.3 is 4.74 Å². The van der Waals surface area contributed by atoms with Crippen molar-refractivity contribution in [2.45, 2.75) is 33.8 Å². The van der Waals surface area contributed by atoms with Crippen LogP contribution >= 0.6 is 0 Å². The number of carbonyl (C=O) groups is 1. The van der Waals surface area contributed by atoms with Crippen LogP contribution in [0.2, 0.25) is 0 Å². The summed E-state index contributed by atoms with van der Waals surface area (Å²) in [5.41, 5.74) is 1.82. The van der Waals surface area contributed by atoms with E-state index >= 15 is 0 Å². The summed E-state index contributed by atoms with van der Waals surface area (Å²) in [5.74, 6) is 0.117. The lowest BCUT2D eigenvalue weighted by atomic mass is 10.0. The van der Waals surface area contributed by atoms with Crippen LogP contribution in [0.1, 0.15) is 27.7 Å². The molecular formula is C9H16O2. The van der Waals surface area contributed by atoms with Crippen molar-refractivity contribution in [1.29, 1.82) is 0 Å². The van der Waals surface area contributed by atoms with Crippen LogP contribution in [0.5, 0.6) is 0 Å². The van der Waals surface area contributed by atoms with Crippen molar-refractivity contribution in [1.82, 2.24) is 0 Å². The molecule has 2 nitrogen and oxygen atoms in total. The fraction of sp³-hybridized carbons (Fsp3) is 0.667. The molecule has 0 saturated carbocycles. The Morgan fingerprint density at radius 3 is 2.00 bits per heavy atom. The van der Waals surface area contributed by atoms with Gasteiger partial charge in [0.05, 0.1) is 6.10 Å². The first-order valence-corrected chi connectivity index (χ1v) is 3.71. The van der Waals surface area contributed by atoms with E-state index < -0.39 is 0 Å². The zero-order chi connectivity index (χ0) is 9.02. The Kier molecular flexibility index (Phi) is 4.04. The van der Waals surface area contributed by atoms with Gasteiger partial charge >= 0.3 is 0 Å². The van der Waals surface area contributed by atoms with Crippen molar-refractivity contribution in [2.75, 3.05) is 7.11 Å². The molecule has 0 aliphatic carbocycles. The molecule has 0 aliphatic heterocycles. The zero-order valence-corrected chi connectivity index (χ0v) is 7.89. The molecule has 0 saturated heterocycles. The lowest BCUT2D eigenvalue weighted by Gasteiger charge is -2.11. The zero-order valence-electron chi connectivity index (χ0n) is 7.89. The van der Waals surface area contributed by atoms with E-state index in [1.54, 1.807) is 14.0 Å². The molecule has 0 aromatic heterocycles. The number of ketones is 1. The normalized spacial score (nSPS) is 15.7. The molecule has 0 aromatic carbocycles. The van der Waals surface area contributed by atoms with Crippen molar-refractivity contribution in [3.63, 3.8) is 0 Å². The second kappa shape index (κ2) is 4.29. The molecule has 0 aliphatic rings. The fourth-order valence-electron chi connectivity index (χ4n) is 0.759. The largest absolute Gasteiger partial charge is 0.377 e. The smallest absolute Gasteiger partial charge is 0.155 e. The Bertz CT molecular complexity index is 180. The number of hydrogen-bond acceptors (Lipinski definition) is 2. The van der Waals surface area contributed by atoms with E-state index in [2.05, 4.69) is 0 Å². The van der Waals surface area contributed by atoms with E-state index in [-0.39, 0.29) is 11.9 Å². The van der Waals surface area contributed by atoms with Crippen molar-refractivity contribution in [3.05, 3.63) is 11.1 Å². The van der Waals surface area contributed by atoms with E-state index in [1.807, 2.05) is 20.8 Å². The first-order chi connectivity index (χ1) is 5.00. The van der Waals surface area contributed by atoms with Crippen molar-refractivity contribution in [3.8, 4) is 0 Å². The molecule has 11 heavy (non-hydrogen) atoms. The highest BCUT2D eigenvalue weighted by Crippen LogP contribution is 2.10. The predicted octanol–water partition coefficient (Wildman–Crippen LogP) is 1.95. The van der Waals surface area contributed by atoms with Crippen molar-refractivity contribution >= 4 is 5.78 Å². The Hall–Kier alpha value is -0.630. The molecule has 2 heteroatoms. The quantitative estimate of drug-likeness (QED) is 0.584. The van der Waals surface area contributed by atoms with Gasteiger partial charge in [-0.05, 0) is 38.8 Å². The Balaban J connectivity index is 4.51. The van der Waals surface area contributed by atoms with Crippen molar-refractivity contribution < 1.29 is 9.53 Å². The minimum Gasteiger partial charge on any atom is -0.377 e. The highest BCUT2D eigenvalue weighted by molar-refractivity contribution is 5.93. The standard InChI is InChI=1S/C9H16O2/c1-6(8(3)10)7(2)9(4)11-5/h9H,1-5H3. The molecule has 64 valence electrons. The van der Waals surface area contributed by atoms with Crippen molar-refractivity contribution in [2.24, 2.45) is 0 Å². The summed E-state index contributed by atoms with van der Waals surface area (Å²) in [7, 11) is 1.64. The van der Waals surface area contributed by atoms with Crippen LogP contribution in [-0.2, 0) is 9.53 Å². The third-order valence-electron chi connectivity index (χ3n) is 2.08. The second-order valence-electron chi connectivity index (χ2n) is 2.74. The van der Waals surface area contributed by atoms with Crippen LogP contribution < -0.4 is 0 Å². The van der Waals surface area contributed by atoms with E-state index in [0.29, 0.717) is 0 Å². The molecule has 0 N–H and O–H groups in total. The number of Topliss-reactive ketones (excluding diaryl/α,β-unsaturated/α-hetero) is 1. The van der Waals surface area contributed by atoms with Gasteiger partial charge in [-0.1, -0.05) is 0 Å². The maximum atomic E-state index is 10.9. The van der Waals surface area contributed by atoms with Gasteiger partial charge in [-0.25, -0.2) is 0 Å². The predicted molar refractivity (Wildman–Crippen MR) is 45.5 cm³/mol. The number of allylic oxidation sites excluding steroid dienone is 1. The van der Waals surface area contributed by atoms with Crippen LogP contribution in [0.3, 0.4) is 0 Å². The van der Waals surface area contributed by atoms with Gasteiger partial charge in [-0.15, -0.1) is 0 Å². The molecule has 0 amide bonds. The number of rotatable bonds is 3. The van der Waals surface area contributed by atoms with Gasteiger partial charge in [-0.2, -0.15) is 0 Å². The SMILES string of the molecule is COC(C)C(C)=C(C)C(C)=O. The topological polar surface area (TPSA) is 26.3 Å². The van der Waals surface area contributed by atoms with E-state index in [0.717, 1.165) is 11.1 Å². The van der Waals surface area contributed by atoms with Crippen LogP contribution in [0.15, 0.2) is 11.1 Å². The van der Waals surface area contributed by atoms with Gasteiger partial charge in [0.15, 0.2) is 5.78 Å². The van der Waals surface area contributed by atoms with E-state index in [4.69, 9.17) is 4.74 Å². The summed E-state index contributed by atoms with van der Waals surface area (Å²) in [4.78, 5) is 10.9. The summed E-state index contributed by atoms with van der Waals surface area (Å²) in [6, 6.07) is 0. The highest BCUT2D eigenvalue weighted by Gasteiger charge is 2.07. The highest BCUT2D eigenvalue weighted by atomic mass is 16.5. The molecule has 0 aromatic rings. The summed E-state index contributed by atoms with van der Waals surface area (Å²) in [5, 5.41) is 0. The first kappa shape index (κ1) is 10.4. The molecule has 0 heterocycles. The molecule has 0 fully saturated rings. The average Bonchev–Trinajstić information content (AvgIpc) is 2.00. The van der Waals surface area contributed by atoms with Crippen LogP contribution in [0, 0.1) is 0 Å². The minimum atomic E-state index is 0.0406. The van der Waals surface area contributed by atoms with Gasteiger partial charge in [0, 0.05) is 7.11 Å². The maximum Gasteiger partial charge on any atom is 0.155 e. The third-order valence-corrected chi connectivity index (χ3v) is 2.08. The Labute approximate surface area is 68.2 Å². The monoisotopic (exact) mass is 156 g/mol. The molecule has 0 bridgehead atoms. The first-order valence-electron chi connectivity index (χ1n) is 3.71. The van der Waals surface area contributed by atoms with E-state index in [9.17, 15) is 4.79 Å². The van der Waals surface area contributed by atoms with Crippen LogP contribution in [0.4, 0.5) is 0 Å². The van der Waals surface area contributed by atoms with E-state index in [1.165, 1.54) is 0 Å². The Morgan fingerprint density at radius 1 is 1.27 bits per heavy atom. The van der Waals surface area contributed by atoms with Gasteiger partial charge in [-0.3, -0.25) is 4.79 Å². The molecule has 1 atom stereocenters. The average molecular weight is 156 g/mol. The second-order valence-corrected chi connectivity index (χ2v) is 2.74. The molecule has 0 spiro atoms. The van der Waals surface area contributed by atoms with Gasteiger partial charge in [0.25, 0.3) is 0 Å². The fourth-order valence-corrected chi connectivity index (χ4v) is 0.759. The summed E-state index contributed by atoms with van der Waals surface area (Å²) >= 11 is 0. The third kappa shape index (κ3) is 2.85. The number of ether oxygens (including phenoxy) is 1. The Morgan fingerprint density at radius 2 is 1.73 bits per heavy atom. The molecule has 0 radical (unpaired) electrons. The van der Waals surface area contributed by atoms with Gasteiger partial charge in [0.2, 0.25) is 0 Å². The number of hydrogen-bond donors (Lipinski definition) is 0. The maximum absolute atomic E-state index is 10.9. The summed E-state index contributed by atoms with van der Waals surface area (Å²) in [6.07, 6.45) is 0.0406. The molecule has 1 unspecified atom stereocenters. The summed E-state index contributed by atoms with van der Waals surface area (Å²) < 4.78 is 5.07. The number of methoxy groups -OCH3 is 1. The number of carbonyl (C=O) groups excluding carboxylic acids is 1. The van der Waals surface area contributed by atoms with Crippen LogP contribution in [-0.4, -0.2) is 19.0 Å². The molecule has 0 rings (SSSR count). The minimum absolute atomic E-state index is 0.0406. The van der Waals surface area contributed by atoms with Crippen LogP contribution in [0.25, 0.3) is 0 Å². The lowest BCUT2D eigenvalue weighted by Crippen LogP contribution is -2.10. The van der Waals surface area contributed by atoms with Gasteiger partial charge in [0.1, 0.15) is 0 Å². The summed E-state index contributed by atoms with van der Waals surface area (Å²) in [6.45, 7) is 7.25. The lowest BCUT2D eigenvalue weighted by molar-refractivity contribution is -0.113. The molecular weight excluding hydrogens is 140 g/mol.